The summed E-state index contributed by atoms with van der Waals surface area (Å²) in [6.45, 7) is 1.97. The van der Waals surface area contributed by atoms with Crippen LogP contribution >= 0.6 is 0 Å². The number of hydrogen-bond acceptors (Lipinski definition) is 3. The second-order valence-corrected chi connectivity index (χ2v) is 4.58. The summed E-state index contributed by atoms with van der Waals surface area (Å²) >= 11 is 0. The van der Waals surface area contributed by atoms with Crippen LogP contribution in [0.2, 0.25) is 0 Å². The normalized spacial score (nSPS) is 12.5. The van der Waals surface area contributed by atoms with Crippen LogP contribution in [0.15, 0.2) is 55.1 Å². The minimum atomic E-state index is -0.702. The molecule has 0 bridgehead atoms. The van der Waals surface area contributed by atoms with E-state index in [4.69, 9.17) is 0 Å². The molecular weight excluding hydrogens is 236 g/mol. The fourth-order valence-corrected chi connectivity index (χ4v) is 2.29. The highest BCUT2D eigenvalue weighted by molar-refractivity contribution is 5.85. The molecule has 2 aromatic heterocycles. The lowest BCUT2D eigenvalue weighted by molar-refractivity contribution is 0.220. The third kappa shape index (κ3) is 2.09. The van der Waals surface area contributed by atoms with Crippen LogP contribution in [0.1, 0.15) is 22.8 Å². The quantitative estimate of drug-likeness (QED) is 0.760. The van der Waals surface area contributed by atoms with Gasteiger partial charge in [-0.05, 0) is 23.9 Å². The van der Waals surface area contributed by atoms with Crippen molar-refractivity contribution in [3.63, 3.8) is 0 Å². The van der Waals surface area contributed by atoms with Crippen molar-refractivity contribution in [1.82, 2.24) is 9.97 Å². The maximum Gasteiger partial charge on any atom is 0.108 e. The molecule has 0 saturated carbocycles. The Hall–Kier alpha value is -2.26. The molecule has 0 aliphatic rings. The van der Waals surface area contributed by atoms with Crippen LogP contribution in [0.3, 0.4) is 0 Å². The number of hydrogen-bond donors (Lipinski definition) is 1. The monoisotopic (exact) mass is 250 g/mol. The van der Waals surface area contributed by atoms with Gasteiger partial charge in [-0.3, -0.25) is 9.97 Å². The van der Waals surface area contributed by atoms with Crippen molar-refractivity contribution in [3.05, 3.63) is 71.8 Å². The third-order valence-electron chi connectivity index (χ3n) is 3.37. The molecule has 94 valence electrons. The van der Waals surface area contributed by atoms with E-state index in [0.29, 0.717) is 0 Å². The highest BCUT2D eigenvalue weighted by atomic mass is 16.3. The molecule has 3 nitrogen and oxygen atoms in total. The highest BCUT2D eigenvalue weighted by Gasteiger charge is 2.15. The number of aliphatic hydroxyl groups excluding tert-OH is 1. The number of aliphatic hydroxyl groups is 1. The van der Waals surface area contributed by atoms with E-state index in [9.17, 15) is 5.11 Å². The molecule has 2 heterocycles. The molecular formula is C16H14N2O. The van der Waals surface area contributed by atoms with E-state index in [2.05, 4.69) is 9.97 Å². The van der Waals surface area contributed by atoms with E-state index in [1.165, 1.54) is 0 Å². The lowest BCUT2D eigenvalue weighted by atomic mass is 9.97. The molecule has 0 spiro atoms. The topological polar surface area (TPSA) is 46.0 Å². The number of benzene rings is 1. The summed E-state index contributed by atoms with van der Waals surface area (Å²) in [7, 11) is 0. The zero-order valence-electron chi connectivity index (χ0n) is 10.6. The van der Waals surface area contributed by atoms with Crippen LogP contribution in [0.25, 0.3) is 10.8 Å². The lowest BCUT2D eigenvalue weighted by Crippen LogP contribution is -2.04. The van der Waals surface area contributed by atoms with Crippen LogP contribution in [0, 0.1) is 6.92 Å². The number of aromatic nitrogens is 2. The van der Waals surface area contributed by atoms with Gasteiger partial charge in [0.25, 0.3) is 0 Å². The van der Waals surface area contributed by atoms with Gasteiger partial charge in [-0.15, -0.1) is 0 Å². The molecule has 1 aromatic carbocycles. The Morgan fingerprint density at radius 3 is 2.58 bits per heavy atom. The van der Waals surface area contributed by atoms with Crippen molar-refractivity contribution >= 4 is 10.8 Å². The second-order valence-electron chi connectivity index (χ2n) is 4.58. The Balaban J connectivity index is 2.17. The summed E-state index contributed by atoms with van der Waals surface area (Å²) < 4.78 is 0. The summed E-state index contributed by atoms with van der Waals surface area (Å²) in [5.74, 6) is 0. The van der Waals surface area contributed by atoms with Gasteiger partial charge in [-0.25, -0.2) is 0 Å². The van der Waals surface area contributed by atoms with E-state index in [1.54, 1.807) is 18.6 Å². The SMILES string of the molecule is Cc1ccncc1C(O)c1cncc2ccccc12. The summed E-state index contributed by atoms with van der Waals surface area (Å²) in [5, 5.41) is 12.6. The van der Waals surface area contributed by atoms with E-state index in [-0.39, 0.29) is 0 Å². The first-order chi connectivity index (χ1) is 9.27. The van der Waals surface area contributed by atoms with Gasteiger partial charge in [-0.2, -0.15) is 0 Å². The Morgan fingerprint density at radius 1 is 0.947 bits per heavy atom. The number of aryl methyl sites for hydroxylation is 1. The van der Waals surface area contributed by atoms with Gasteiger partial charge in [0, 0.05) is 41.3 Å². The van der Waals surface area contributed by atoms with Crippen molar-refractivity contribution < 1.29 is 5.11 Å². The molecule has 0 aliphatic heterocycles. The zero-order valence-corrected chi connectivity index (χ0v) is 10.6. The molecule has 1 N–H and O–H groups in total. The predicted octanol–water partition coefficient (Wildman–Crippen LogP) is 3.02. The molecule has 3 rings (SSSR count). The molecule has 0 fully saturated rings. The standard InChI is InChI=1S/C16H14N2O/c1-11-6-7-17-9-14(11)16(19)15-10-18-8-12-4-2-3-5-13(12)15/h2-10,16,19H,1H3. The maximum atomic E-state index is 10.6. The number of pyridine rings is 2. The van der Waals surface area contributed by atoms with Gasteiger partial charge in [0.15, 0.2) is 0 Å². The van der Waals surface area contributed by atoms with E-state index in [0.717, 1.165) is 27.5 Å². The van der Waals surface area contributed by atoms with Crippen molar-refractivity contribution in [3.8, 4) is 0 Å². The lowest BCUT2D eigenvalue weighted by Gasteiger charge is -2.15. The molecule has 3 heteroatoms. The first-order valence-electron chi connectivity index (χ1n) is 6.18. The van der Waals surface area contributed by atoms with Crippen LogP contribution in [-0.4, -0.2) is 15.1 Å². The maximum absolute atomic E-state index is 10.6. The summed E-state index contributed by atoms with van der Waals surface area (Å²) in [4.78, 5) is 8.30. The minimum Gasteiger partial charge on any atom is -0.384 e. The molecule has 19 heavy (non-hydrogen) atoms. The first-order valence-corrected chi connectivity index (χ1v) is 6.18. The van der Waals surface area contributed by atoms with E-state index in [1.807, 2.05) is 43.5 Å². The van der Waals surface area contributed by atoms with Gasteiger partial charge in [0.2, 0.25) is 0 Å². The van der Waals surface area contributed by atoms with Crippen molar-refractivity contribution in [2.75, 3.05) is 0 Å². The summed E-state index contributed by atoms with van der Waals surface area (Å²) in [5.41, 5.74) is 2.66. The van der Waals surface area contributed by atoms with E-state index >= 15 is 0 Å². The van der Waals surface area contributed by atoms with Crippen molar-refractivity contribution in [2.45, 2.75) is 13.0 Å². The molecule has 1 unspecified atom stereocenters. The smallest absolute Gasteiger partial charge is 0.108 e. The Morgan fingerprint density at radius 2 is 1.74 bits per heavy atom. The van der Waals surface area contributed by atoms with Gasteiger partial charge in [0.05, 0.1) is 0 Å². The minimum absolute atomic E-state index is 0.702. The largest absolute Gasteiger partial charge is 0.384 e. The summed E-state index contributed by atoms with van der Waals surface area (Å²) in [6, 6.07) is 9.83. The number of fused-ring (bicyclic) bond motifs is 1. The molecule has 0 aliphatic carbocycles. The molecule has 0 radical (unpaired) electrons. The van der Waals surface area contributed by atoms with Crippen LogP contribution in [0.5, 0.6) is 0 Å². The van der Waals surface area contributed by atoms with Gasteiger partial charge in [-0.1, -0.05) is 24.3 Å². The third-order valence-corrected chi connectivity index (χ3v) is 3.37. The van der Waals surface area contributed by atoms with Crippen LogP contribution in [0.4, 0.5) is 0 Å². The molecule has 0 amide bonds. The van der Waals surface area contributed by atoms with Crippen LogP contribution in [-0.2, 0) is 0 Å². The van der Waals surface area contributed by atoms with Gasteiger partial charge in [0.1, 0.15) is 6.10 Å². The zero-order chi connectivity index (χ0) is 13.2. The Bertz CT molecular complexity index is 719. The van der Waals surface area contributed by atoms with Gasteiger partial charge >= 0.3 is 0 Å². The van der Waals surface area contributed by atoms with Crippen LogP contribution < -0.4 is 0 Å². The Labute approximate surface area is 111 Å². The van der Waals surface area contributed by atoms with E-state index < -0.39 is 6.10 Å². The average Bonchev–Trinajstić information content (AvgIpc) is 2.46. The molecule has 0 saturated heterocycles. The molecule has 1 atom stereocenters. The molecule has 3 aromatic rings. The Kier molecular flexibility index (Phi) is 2.97. The fourth-order valence-electron chi connectivity index (χ4n) is 2.29. The van der Waals surface area contributed by atoms with Crippen molar-refractivity contribution in [1.29, 1.82) is 0 Å². The second kappa shape index (κ2) is 4.78. The predicted molar refractivity (Wildman–Crippen MR) is 74.8 cm³/mol. The van der Waals surface area contributed by atoms with Crippen molar-refractivity contribution in [2.24, 2.45) is 0 Å². The fraction of sp³-hybridized carbons (Fsp3) is 0.125. The first kappa shape index (κ1) is 11.8. The average molecular weight is 250 g/mol. The number of rotatable bonds is 2. The highest BCUT2D eigenvalue weighted by Crippen LogP contribution is 2.28. The number of nitrogens with zero attached hydrogens (tertiary/aromatic N) is 2. The van der Waals surface area contributed by atoms with Gasteiger partial charge < -0.3 is 5.11 Å². The summed E-state index contributed by atoms with van der Waals surface area (Å²) in [6.07, 6.45) is 6.27.